The standard InChI is InChI=1S/C16H16F3NO2.C15H14F3NO2.CH2Cl2.BBr3/c1-3-10-4-6-14(15(8-10)21-2)22-13-7-5-11(20)9-12(13)16(17,18)19;1-2-9-3-5-14(12(20)7-9)21-13-6-4-10(19)8-11(13)15(16,17)18;2-1-3;2-1(3)4/h4-9H,3,20H2,1-2H3;3-8,20H,2,19H2,1H3;1H2;. The summed E-state index contributed by atoms with van der Waals surface area (Å²) in [6.45, 7) is 3.87. The van der Waals surface area contributed by atoms with Crippen LogP contribution in [-0.4, -0.2) is 20.7 Å². The monoisotopic (exact) mass is 940 g/mol. The summed E-state index contributed by atoms with van der Waals surface area (Å²) in [7, 11) is 1.44. The Labute approximate surface area is 321 Å². The average molecular weight is 944 g/mol. The molecule has 5 N–H and O–H groups in total. The maximum atomic E-state index is 13.1. The molecule has 0 aliphatic heterocycles. The SMILES string of the molecule is BrB(Br)Br.CCc1ccc(Oc2ccc(N)cc2C(F)(F)F)c(O)c1.CCc1ccc(Oc2ccc(N)cc2C(F)(F)F)c(OC)c1.ClCCl. The van der Waals surface area contributed by atoms with Gasteiger partial charge in [-0.3, -0.25) is 0 Å². The summed E-state index contributed by atoms with van der Waals surface area (Å²) in [5.74, 6) is -0.374. The van der Waals surface area contributed by atoms with Crippen molar-refractivity contribution >= 4 is 85.0 Å². The Morgan fingerprint density at radius 3 is 1.36 bits per heavy atom. The first kappa shape index (κ1) is 45.4. The lowest BCUT2D eigenvalue weighted by Gasteiger charge is -2.16. The molecule has 6 nitrogen and oxygen atoms in total. The van der Waals surface area contributed by atoms with Gasteiger partial charge in [-0.2, -0.15) is 26.3 Å². The van der Waals surface area contributed by atoms with Crippen LogP contribution in [0, 0.1) is 0 Å². The molecule has 0 fully saturated rings. The number of anilines is 2. The van der Waals surface area contributed by atoms with E-state index in [9.17, 15) is 31.4 Å². The van der Waals surface area contributed by atoms with Crippen LogP contribution in [0.5, 0.6) is 34.5 Å². The second-order valence-electron chi connectivity index (χ2n) is 9.55. The van der Waals surface area contributed by atoms with Crippen molar-refractivity contribution in [1.29, 1.82) is 0 Å². The molecule has 0 aromatic heterocycles. The maximum Gasteiger partial charge on any atom is 0.420 e. The number of halogens is 11. The highest BCUT2D eigenvalue weighted by Crippen LogP contribution is 2.42. The molecule has 0 aliphatic rings. The molecule has 0 bridgehead atoms. The lowest BCUT2D eigenvalue weighted by atomic mass is 10.1. The molecular weight excluding hydrogens is 912 g/mol. The molecule has 4 rings (SSSR count). The second-order valence-corrected chi connectivity index (χ2v) is 16.8. The smallest absolute Gasteiger partial charge is 0.420 e. The van der Waals surface area contributed by atoms with Gasteiger partial charge < -0.3 is 30.8 Å². The molecule has 0 saturated carbocycles. The van der Waals surface area contributed by atoms with Crippen LogP contribution in [0.15, 0.2) is 72.8 Å². The van der Waals surface area contributed by atoms with Gasteiger partial charge in [0.1, 0.15) is 22.6 Å². The first-order valence-electron chi connectivity index (χ1n) is 14.1. The Morgan fingerprint density at radius 2 is 1.00 bits per heavy atom. The number of rotatable bonds is 7. The van der Waals surface area contributed by atoms with Gasteiger partial charge in [0.2, 0.25) is 0 Å². The van der Waals surface area contributed by atoms with Gasteiger partial charge in [0.05, 0.1) is 12.4 Å². The number of hydrogen-bond acceptors (Lipinski definition) is 6. The van der Waals surface area contributed by atoms with Crippen molar-refractivity contribution in [1.82, 2.24) is 0 Å². The Kier molecular flexibility index (Phi) is 19.6. The Bertz CT molecular complexity index is 1650. The molecule has 0 spiro atoms. The van der Waals surface area contributed by atoms with Crippen LogP contribution in [0.25, 0.3) is 0 Å². The molecule has 18 heteroatoms. The summed E-state index contributed by atoms with van der Waals surface area (Å²) < 4.78 is 94.1. The molecule has 0 heterocycles. The Balaban J connectivity index is 0.000000422. The van der Waals surface area contributed by atoms with Gasteiger partial charge >= 0.3 is 15.5 Å². The van der Waals surface area contributed by atoms with Gasteiger partial charge in [-0.25, -0.2) is 0 Å². The maximum absolute atomic E-state index is 13.1. The number of hydrogen-bond donors (Lipinski definition) is 3. The number of phenols is 1. The van der Waals surface area contributed by atoms with Gasteiger partial charge in [0, 0.05) is 11.4 Å². The van der Waals surface area contributed by atoms with Gasteiger partial charge in [0.15, 0.2) is 23.0 Å². The molecule has 0 radical (unpaired) electrons. The van der Waals surface area contributed by atoms with Crippen LogP contribution in [0.1, 0.15) is 36.1 Å². The van der Waals surface area contributed by atoms with Crippen LogP contribution >= 0.6 is 70.5 Å². The van der Waals surface area contributed by atoms with Crippen LogP contribution in [0.3, 0.4) is 0 Å². The van der Waals surface area contributed by atoms with Crippen LogP contribution < -0.4 is 25.7 Å². The van der Waals surface area contributed by atoms with E-state index in [1.54, 1.807) is 24.3 Å². The summed E-state index contributed by atoms with van der Waals surface area (Å²) in [5, 5.41) is 10.00. The molecule has 274 valence electrons. The van der Waals surface area contributed by atoms with Gasteiger partial charge in [-0.05, 0) is 84.6 Å². The van der Waals surface area contributed by atoms with Crippen molar-refractivity contribution in [2.45, 2.75) is 39.0 Å². The molecule has 4 aromatic rings. The fraction of sp³-hybridized carbons (Fsp3) is 0.250. The Hall–Kier alpha value is -2.66. The van der Waals surface area contributed by atoms with Crippen molar-refractivity contribution in [3.05, 3.63) is 95.1 Å². The fourth-order valence-corrected chi connectivity index (χ4v) is 3.84. The molecule has 4 aromatic carbocycles. The molecule has 0 saturated heterocycles. The van der Waals surface area contributed by atoms with Crippen LogP contribution in [0.2, 0.25) is 0 Å². The average Bonchev–Trinajstić information content (AvgIpc) is 3.03. The highest BCUT2D eigenvalue weighted by atomic mass is 79.9. The van der Waals surface area contributed by atoms with Crippen molar-refractivity contribution < 1.29 is 45.7 Å². The zero-order chi connectivity index (χ0) is 38.2. The number of phenolic OH excluding ortho intramolecular Hbond substituents is 1. The number of aromatic hydroxyl groups is 1. The number of alkyl halides is 8. The quantitative estimate of drug-likeness (QED) is 0.0739. The molecule has 50 heavy (non-hydrogen) atoms. The lowest BCUT2D eigenvalue weighted by Crippen LogP contribution is -2.08. The number of ether oxygens (including phenoxy) is 3. The predicted molar refractivity (Wildman–Crippen MR) is 201 cm³/mol. The van der Waals surface area contributed by atoms with Gasteiger partial charge in [0.25, 0.3) is 0 Å². The van der Waals surface area contributed by atoms with E-state index in [-0.39, 0.29) is 42.9 Å². The van der Waals surface area contributed by atoms with E-state index < -0.39 is 29.2 Å². The summed E-state index contributed by atoms with van der Waals surface area (Å²) in [5.41, 5.74) is 10.8. The molecular formula is C32H32BBr3Cl2F6N2O4. The number of nitrogens with two attached hydrogens (primary N) is 2. The summed E-state index contributed by atoms with van der Waals surface area (Å²) >= 11 is 18.8. The minimum Gasteiger partial charge on any atom is -0.504 e. The van der Waals surface area contributed by atoms with E-state index in [0.29, 0.717) is 12.2 Å². The minimum absolute atomic E-state index is 0.0137. The zero-order valence-corrected chi connectivity index (χ0v) is 32.9. The fourth-order valence-electron chi connectivity index (χ4n) is 3.84. The van der Waals surface area contributed by atoms with Crippen molar-refractivity contribution in [3.63, 3.8) is 0 Å². The topological polar surface area (TPSA) is 100.0 Å². The van der Waals surface area contributed by atoms with E-state index >= 15 is 0 Å². The third kappa shape index (κ3) is 15.7. The van der Waals surface area contributed by atoms with Gasteiger partial charge in [-0.1, -0.05) is 26.0 Å². The zero-order valence-electron chi connectivity index (χ0n) is 26.6. The van der Waals surface area contributed by atoms with Crippen molar-refractivity contribution in [3.8, 4) is 34.5 Å². The summed E-state index contributed by atoms with van der Waals surface area (Å²) in [6.07, 6.45) is -7.67. The van der Waals surface area contributed by atoms with E-state index in [1.807, 2.05) is 13.8 Å². The van der Waals surface area contributed by atoms with E-state index in [4.69, 9.17) is 48.9 Å². The van der Waals surface area contributed by atoms with E-state index in [1.165, 1.54) is 37.4 Å². The van der Waals surface area contributed by atoms with E-state index in [2.05, 4.69) is 47.3 Å². The first-order chi connectivity index (χ1) is 23.3. The third-order valence-electron chi connectivity index (χ3n) is 6.13. The molecule has 0 unspecified atom stereocenters. The van der Waals surface area contributed by atoms with Gasteiger partial charge in [-0.15, -0.1) is 70.5 Å². The van der Waals surface area contributed by atoms with Crippen LogP contribution in [-0.2, 0) is 25.2 Å². The number of nitrogen functional groups attached to an aromatic ring is 2. The Morgan fingerprint density at radius 1 is 0.640 bits per heavy atom. The minimum atomic E-state index is -4.59. The molecule has 0 aliphatic carbocycles. The van der Waals surface area contributed by atoms with E-state index in [0.717, 1.165) is 35.7 Å². The third-order valence-corrected chi connectivity index (χ3v) is 6.13. The molecule has 0 atom stereocenters. The highest BCUT2D eigenvalue weighted by molar-refractivity contribution is 9.69. The lowest BCUT2D eigenvalue weighted by molar-refractivity contribution is -0.139. The first-order valence-corrected chi connectivity index (χ1v) is 17.9. The highest BCUT2D eigenvalue weighted by Gasteiger charge is 2.36. The number of aryl methyl sites for hydroxylation is 2. The normalized spacial score (nSPS) is 10.7. The van der Waals surface area contributed by atoms with Crippen LogP contribution in [0.4, 0.5) is 37.7 Å². The summed E-state index contributed by atoms with van der Waals surface area (Å²) in [4.78, 5) is 0. The van der Waals surface area contributed by atoms with Crippen molar-refractivity contribution in [2.24, 2.45) is 0 Å². The number of methoxy groups -OCH3 is 1. The number of benzene rings is 4. The summed E-state index contributed by atoms with van der Waals surface area (Å²) in [6, 6.07) is 16.3. The molecule has 0 amide bonds. The predicted octanol–water partition coefficient (Wildman–Crippen LogP) is 12.6. The second kappa shape index (κ2) is 21.6. The van der Waals surface area contributed by atoms with Crippen molar-refractivity contribution in [2.75, 3.05) is 23.9 Å². The largest absolute Gasteiger partial charge is 0.504 e.